The van der Waals surface area contributed by atoms with E-state index < -0.39 is 10.2 Å². The summed E-state index contributed by atoms with van der Waals surface area (Å²) in [4.78, 5) is 2.02. The Bertz CT molecular complexity index is 227. The van der Waals surface area contributed by atoms with Gasteiger partial charge in [-0.25, -0.2) is 9.44 Å². The molecule has 0 aliphatic heterocycles. The molecule has 0 aromatic rings. The Balaban J connectivity index is 3.56. The molecule has 0 rings (SSSR count). The molecule has 0 saturated carbocycles. The fourth-order valence-electron chi connectivity index (χ4n) is 0.889. The Morgan fingerprint density at radius 2 is 1.71 bits per heavy atom. The van der Waals surface area contributed by atoms with E-state index in [9.17, 15) is 8.42 Å². The van der Waals surface area contributed by atoms with E-state index in [1.54, 1.807) is 0 Å². The van der Waals surface area contributed by atoms with Gasteiger partial charge in [-0.15, -0.1) is 0 Å². The SMILES string of the molecule is CCCNS(=O)(=O)NCCCN(C)C. The fraction of sp³-hybridized carbons (Fsp3) is 1.00. The largest absolute Gasteiger partial charge is 0.309 e. The van der Waals surface area contributed by atoms with Crippen molar-refractivity contribution in [1.82, 2.24) is 14.3 Å². The zero-order valence-electron chi connectivity index (χ0n) is 9.21. The molecule has 0 aliphatic carbocycles. The smallest absolute Gasteiger partial charge is 0.276 e. The Labute approximate surface area is 87.0 Å². The molecule has 5 nitrogen and oxygen atoms in total. The molecule has 0 unspecified atom stereocenters. The third-order valence-corrected chi connectivity index (χ3v) is 2.78. The molecular formula is C8H21N3O2S. The van der Waals surface area contributed by atoms with E-state index in [2.05, 4.69) is 9.44 Å². The molecule has 0 aromatic carbocycles. The maximum absolute atomic E-state index is 11.2. The number of nitrogens with zero attached hydrogens (tertiary/aromatic N) is 1. The van der Waals surface area contributed by atoms with Gasteiger partial charge in [-0.2, -0.15) is 8.42 Å². The second-order valence-corrected chi connectivity index (χ2v) is 5.03. The van der Waals surface area contributed by atoms with Gasteiger partial charge in [0.2, 0.25) is 0 Å². The lowest BCUT2D eigenvalue weighted by atomic mass is 10.4. The van der Waals surface area contributed by atoms with Crippen molar-refractivity contribution in [2.45, 2.75) is 19.8 Å². The van der Waals surface area contributed by atoms with Gasteiger partial charge in [0, 0.05) is 13.1 Å². The minimum Gasteiger partial charge on any atom is -0.309 e. The van der Waals surface area contributed by atoms with Crippen LogP contribution in [0.3, 0.4) is 0 Å². The molecule has 0 aromatic heterocycles. The topological polar surface area (TPSA) is 61.4 Å². The Morgan fingerprint density at radius 1 is 1.14 bits per heavy atom. The molecule has 0 bridgehead atoms. The summed E-state index contributed by atoms with van der Waals surface area (Å²) in [5.74, 6) is 0. The first kappa shape index (κ1) is 13.8. The normalized spacial score (nSPS) is 12.3. The van der Waals surface area contributed by atoms with Gasteiger partial charge in [-0.05, 0) is 33.5 Å². The minimum atomic E-state index is -3.26. The maximum atomic E-state index is 11.2. The highest BCUT2D eigenvalue weighted by Gasteiger charge is 2.06. The first-order valence-corrected chi connectivity index (χ1v) is 6.35. The van der Waals surface area contributed by atoms with Crippen LogP contribution in [0, 0.1) is 0 Å². The predicted octanol–water partition coefficient (Wildman–Crippen LogP) is -0.228. The van der Waals surface area contributed by atoms with Crippen molar-refractivity contribution in [2.75, 3.05) is 33.7 Å². The van der Waals surface area contributed by atoms with Crippen LogP contribution in [0.15, 0.2) is 0 Å². The molecule has 0 atom stereocenters. The monoisotopic (exact) mass is 223 g/mol. The van der Waals surface area contributed by atoms with Crippen LogP contribution in [-0.2, 0) is 10.2 Å². The summed E-state index contributed by atoms with van der Waals surface area (Å²) >= 11 is 0. The van der Waals surface area contributed by atoms with Crippen molar-refractivity contribution in [3.8, 4) is 0 Å². The van der Waals surface area contributed by atoms with Crippen LogP contribution in [-0.4, -0.2) is 47.0 Å². The molecule has 0 saturated heterocycles. The molecular weight excluding hydrogens is 202 g/mol. The molecule has 14 heavy (non-hydrogen) atoms. The number of rotatable bonds is 8. The average molecular weight is 223 g/mol. The van der Waals surface area contributed by atoms with E-state index in [1.807, 2.05) is 25.9 Å². The van der Waals surface area contributed by atoms with Gasteiger partial charge >= 0.3 is 0 Å². The van der Waals surface area contributed by atoms with Crippen LogP contribution >= 0.6 is 0 Å². The molecule has 0 aliphatic rings. The Morgan fingerprint density at radius 3 is 2.21 bits per heavy atom. The van der Waals surface area contributed by atoms with Gasteiger partial charge in [-0.3, -0.25) is 0 Å². The summed E-state index contributed by atoms with van der Waals surface area (Å²) in [6.45, 7) is 3.78. The summed E-state index contributed by atoms with van der Waals surface area (Å²) in [7, 11) is 0.664. The van der Waals surface area contributed by atoms with Gasteiger partial charge in [-0.1, -0.05) is 6.92 Å². The van der Waals surface area contributed by atoms with Gasteiger partial charge < -0.3 is 4.90 Å². The third-order valence-electron chi connectivity index (χ3n) is 1.62. The summed E-state index contributed by atoms with van der Waals surface area (Å²) in [6.07, 6.45) is 1.62. The summed E-state index contributed by atoms with van der Waals surface area (Å²) in [5, 5.41) is 0. The quantitative estimate of drug-likeness (QED) is 0.559. The van der Waals surface area contributed by atoms with E-state index in [4.69, 9.17) is 0 Å². The first-order chi connectivity index (χ1) is 6.48. The molecule has 0 spiro atoms. The molecule has 0 fully saturated rings. The van der Waals surface area contributed by atoms with Crippen LogP contribution in [0.5, 0.6) is 0 Å². The van der Waals surface area contributed by atoms with Crippen molar-refractivity contribution < 1.29 is 8.42 Å². The molecule has 86 valence electrons. The highest BCUT2D eigenvalue weighted by Crippen LogP contribution is 1.84. The van der Waals surface area contributed by atoms with E-state index in [0.717, 1.165) is 19.4 Å². The van der Waals surface area contributed by atoms with Crippen molar-refractivity contribution >= 4 is 10.2 Å². The lowest BCUT2D eigenvalue weighted by Crippen LogP contribution is -2.38. The molecule has 0 radical (unpaired) electrons. The van der Waals surface area contributed by atoms with Crippen molar-refractivity contribution in [3.05, 3.63) is 0 Å². The zero-order chi connectivity index (χ0) is 11.0. The number of nitrogens with one attached hydrogen (secondary N) is 2. The average Bonchev–Trinajstić information content (AvgIpc) is 2.09. The van der Waals surface area contributed by atoms with Crippen molar-refractivity contribution in [3.63, 3.8) is 0 Å². The van der Waals surface area contributed by atoms with Crippen molar-refractivity contribution in [1.29, 1.82) is 0 Å². The highest BCUT2D eigenvalue weighted by molar-refractivity contribution is 7.87. The molecule has 0 heterocycles. The summed E-state index contributed by atoms with van der Waals surface area (Å²) < 4.78 is 27.3. The van der Waals surface area contributed by atoms with Crippen LogP contribution in [0.4, 0.5) is 0 Å². The maximum Gasteiger partial charge on any atom is 0.276 e. The van der Waals surface area contributed by atoms with Gasteiger partial charge in [0.15, 0.2) is 0 Å². The van der Waals surface area contributed by atoms with Crippen LogP contribution in [0.25, 0.3) is 0 Å². The third kappa shape index (κ3) is 8.43. The first-order valence-electron chi connectivity index (χ1n) is 4.87. The highest BCUT2D eigenvalue weighted by atomic mass is 32.2. The predicted molar refractivity (Wildman–Crippen MR) is 58.4 cm³/mol. The number of hydrogen-bond acceptors (Lipinski definition) is 3. The van der Waals surface area contributed by atoms with Crippen LogP contribution in [0.2, 0.25) is 0 Å². The second kappa shape index (κ2) is 7.17. The van der Waals surface area contributed by atoms with Crippen LogP contribution < -0.4 is 9.44 Å². The minimum absolute atomic E-state index is 0.483. The van der Waals surface area contributed by atoms with Crippen molar-refractivity contribution in [2.24, 2.45) is 0 Å². The van der Waals surface area contributed by atoms with Gasteiger partial charge in [0.05, 0.1) is 0 Å². The fourth-order valence-corrected chi connectivity index (χ4v) is 1.88. The standard InChI is InChI=1S/C8H21N3O2S/c1-4-6-9-14(12,13)10-7-5-8-11(2)3/h9-10H,4-8H2,1-3H3. The lowest BCUT2D eigenvalue weighted by Gasteiger charge is -2.10. The number of hydrogen-bond donors (Lipinski definition) is 2. The molecule has 0 amide bonds. The lowest BCUT2D eigenvalue weighted by molar-refractivity contribution is 0.399. The molecule has 2 N–H and O–H groups in total. The van der Waals surface area contributed by atoms with Crippen LogP contribution in [0.1, 0.15) is 19.8 Å². The van der Waals surface area contributed by atoms with Gasteiger partial charge in [0.1, 0.15) is 0 Å². The summed E-state index contributed by atoms with van der Waals surface area (Å²) in [6, 6.07) is 0. The van der Waals surface area contributed by atoms with Gasteiger partial charge in [0.25, 0.3) is 10.2 Å². The zero-order valence-corrected chi connectivity index (χ0v) is 10.0. The summed E-state index contributed by atoms with van der Waals surface area (Å²) in [5.41, 5.74) is 0. The van der Waals surface area contributed by atoms with E-state index >= 15 is 0 Å². The molecule has 6 heteroatoms. The van der Waals surface area contributed by atoms with E-state index in [0.29, 0.717) is 13.1 Å². The Kier molecular flexibility index (Phi) is 7.08. The second-order valence-electron chi connectivity index (χ2n) is 3.45. The van der Waals surface area contributed by atoms with E-state index in [1.165, 1.54) is 0 Å². The van der Waals surface area contributed by atoms with E-state index in [-0.39, 0.29) is 0 Å². The Hall–Kier alpha value is -0.170.